The van der Waals surface area contributed by atoms with Gasteiger partial charge in [0.15, 0.2) is 5.13 Å². The van der Waals surface area contributed by atoms with Crippen LogP contribution in [-0.4, -0.2) is 66.9 Å². The molecule has 0 spiro atoms. The summed E-state index contributed by atoms with van der Waals surface area (Å²) in [6.45, 7) is 1.42. The van der Waals surface area contributed by atoms with E-state index in [-0.39, 0.29) is 23.7 Å². The molecule has 4 rings (SSSR count). The molecule has 11 heteroatoms. The molecule has 166 valence electrons. The Morgan fingerprint density at radius 3 is 2.45 bits per heavy atom. The smallest absolute Gasteiger partial charge is 0.229 e. The van der Waals surface area contributed by atoms with Crippen LogP contribution in [0.5, 0.6) is 0 Å². The van der Waals surface area contributed by atoms with Crippen LogP contribution >= 0.6 is 22.9 Å². The van der Waals surface area contributed by atoms with E-state index < -0.39 is 10.0 Å². The van der Waals surface area contributed by atoms with Crippen LogP contribution in [0.1, 0.15) is 12.8 Å². The molecule has 2 aliphatic rings. The third-order valence-corrected chi connectivity index (χ3v) is 8.15. The van der Waals surface area contributed by atoms with Crippen LogP contribution in [0, 0.1) is 11.8 Å². The summed E-state index contributed by atoms with van der Waals surface area (Å²) in [5.41, 5.74) is 1.52. The summed E-state index contributed by atoms with van der Waals surface area (Å²) in [4.78, 5) is 31.4. The Morgan fingerprint density at radius 2 is 1.81 bits per heavy atom. The van der Waals surface area contributed by atoms with Gasteiger partial charge in [0.05, 0.1) is 11.9 Å². The zero-order valence-electron chi connectivity index (χ0n) is 17.0. The number of piperazine rings is 1. The van der Waals surface area contributed by atoms with Crippen LogP contribution in [0.2, 0.25) is 5.02 Å². The van der Waals surface area contributed by atoms with E-state index in [2.05, 4.69) is 10.3 Å². The number of nitrogens with zero attached hydrogens (tertiary/aromatic N) is 3. The number of halogens is 1. The number of hydrogen-bond donors (Lipinski definition) is 1. The molecule has 8 nitrogen and oxygen atoms in total. The fraction of sp³-hybridized carbons (Fsp3) is 0.450. The molecular formula is C20H23ClN4O4S2. The summed E-state index contributed by atoms with van der Waals surface area (Å²) < 4.78 is 24.6. The second-order valence-electron chi connectivity index (χ2n) is 7.86. The molecule has 1 aromatic heterocycles. The van der Waals surface area contributed by atoms with Crippen LogP contribution in [0.4, 0.5) is 5.13 Å². The van der Waals surface area contributed by atoms with Crippen molar-refractivity contribution in [3.8, 4) is 11.3 Å². The fourth-order valence-electron chi connectivity index (χ4n) is 3.86. The second-order valence-corrected chi connectivity index (χ2v) is 11.1. The Hall–Kier alpha value is -2.01. The third kappa shape index (κ3) is 4.92. The van der Waals surface area contributed by atoms with E-state index in [1.54, 1.807) is 11.0 Å². The highest BCUT2D eigenvalue weighted by molar-refractivity contribution is 7.88. The average Bonchev–Trinajstić information content (AvgIpc) is 3.14. The van der Waals surface area contributed by atoms with E-state index in [9.17, 15) is 18.0 Å². The van der Waals surface area contributed by atoms with E-state index in [1.165, 1.54) is 21.9 Å². The first-order valence-electron chi connectivity index (χ1n) is 9.97. The molecule has 0 unspecified atom stereocenters. The van der Waals surface area contributed by atoms with Gasteiger partial charge < -0.3 is 10.2 Å². The first-order valence-corrected chi connectivity index (χ1v) is 13.1. The Balaban J connectivity index is 1.27. The van der Waals surface area contributed by atoms with Crippen molar-refractivity contribution in [2.24, 2.45) is 11.8 Å². The number of benzene rings is 1. The lowest BCUT2D eigenvalue weighted by Crippen LogP contribution is -2.53. The highest BCUT2D eigenvalue weighted by Crippen LogP contribution is 2.37. The van der Waals surface area contributed by atoms with Crippen molar-refractivity contribution < 1.29 is 18.0 Å². The number of nitrogens with one attached hydrogen (secondary N) is 1. The van der Waals surface area contributed by atoms with Gasteiger partial charge in [-0.2, -0.15) is 4.31 Å². The topological polar surface area (TPSA) is 99.7 Å². The Labute approximate surface area is 190 Å². The van der Waals surface area contributed by atoms with Crippen molar-refractivity contribution in [2.75, 3.05) is 37.8 Å². The highest BCUT2D eigenvalue weighted by Gasteiger charge is 2.41. The minimum Gasteiger partial charge on any atom is -0.340 e. The molecule has 31 heavy (non-hydrogen) atoms. The van der Waals surface area contributed by atoms with Gasteiger partial charge in [0.2, 0.25) is 21.8 Å². The molecule has 1 saturated carbocycles. The van der Waals surface area contributed by atoms with Gasteiger partial charge in [-0.3, -0.25) is 9.59 Å². The molecular weight excluding hydrogens is 460 g/mol. The van der Waals surface area contributed by atoms with Gasteiger partial charge >= 0.3 is 0 Å². The SMILES string of the molecule is CS(=O)(=O)N1CCN(C(=O)C2CC(C(=O)Nc3nc(-c4ccccc4Cl)cs3)C2)CC1. The maximum absolute atomic E-state index is 12.7. The van der Waals surface area contributed by atoms with Crippen LogP contribution in [0.15, 0.2) is 29.6 Å². The molecule has 2 amide bonds. The number of amides is 2. The van der Waals surface area contributed by atoms with Crippen LogP contribution < -0.4 is 5.32 Å². The van der Waals surface area contributed by atoms with E-state index in [0.717, 1.165) is 5.56 Å². The molecule has 1 saturated heterocycles. The zero-order valence-corrected chi connectivity index (χ0v) is 19.3. The molecule has 1 aliphatic heterocycles. The highest BCUT2D eigenvalue weighted by atomic mass is 35.5. The van der Waals surface area contributed by atoms with E-state index >= 15 is 0 Å². The maximum Gasteiger partial charge on any atom is 0.229 e. The van der Waals surface area contributed by atoms with Crippen molar-refractivity contribution >= 4 is 49.9 Å². The number of hydrogen-bond acceptors (Lipinski definition) is 6. The lowest BCUT2D eigenvalue weighted by molar-refractivity contribution is -0.143. The summed E-state index contributed by atoms with van der Waals surface area (Å²) in [5, 5.41) is 5.80. The van der Waals surface area contributed by atoms with Crippen LogP contribution in [0.25, 0.3) is 11.3 Å². The molecule has 0 atom stereocenters. The molecule has 0 bridgehead atoms. The monoisotopic (exact) mass is 482 g/mol. The largest absolute Gasteiger partial charge is 0.340 e. The van der Waals surface area contributed by atoms with E-state index in [0.29, 0.717) is 54.9 Å². The molecule has 1 N–H and O–H groups in total. The quantitative estimate of drug-likeness (QED) is 0.705. The van der Waals surface area contributed by atoms with Crippen molar-refractivity contribution in [3.05, 3.63) is 34.7 Å². The molecule has 0 radical (unpaired) electrons. The van der Waals surface area contributed by atoms with Crippen molar-refractivity contribution in [2.45, 2.75) is 12.8 Å². The van der Waals surface area contributed by atoms with Gasteiger partial charge in [-0.1, -0.05) is 29.8 Å². The van der Waals surface area contributed by atoms with Gasteiger partial charge in [-0.05, 0) is 18.9 Å². The standard InChI is InChI=1S/C20H23ClN4O4S2/c1-31(28,29)25-8-6-24(7-9-25)19(27)14-10-13(11-14)18(26)23-20-22-17(12-30-20)15-4-2-3-5-16(15)21/h2-5,12-14H,6-11H2,1H3,(H,22,23,26). The summed E-state index contributed by atoms with van der Waals surface area (Å²) in [5.74, 6) is -0.534. The summed E-state index contributed by atoms with van der Waals surface area (Å²) in [6.07, 6.45) is 2.18. The van der Waals surface area contributed by atoms with Crippen LogP contribution in [-0.2, 0) is 19.6 Å². The second kappa shape index (κ2) is 8.85. The minimum atomic E-state index is -3.22. The number of carbonyl (C=O) groups is 2. The third-order valence-electron chi connectivity index (χ3n) is 5.76. The number of anilines is 1. The number of carbonyl (C=O) groups excluding carboxylic acids is 2. The minimum absolute atomic E-state index is 0.00690. The first-order chi connectivity index (χ1) is 14.7. The van der Waals surface area contributed by atoms with Gasteiger partial charge in [0, 0.05) is 54.0 Å². The lowest BCUT2D eigenvalue weighted by atomic mass is 9.73. The average molecular weight is 483 g/mol. The van der Waals surface area contributed by atoms with Crippen molar-refractivity contribution in [3.63, 3.8) is 0 Å². The maximum atomic E-state index is 12.7. The molecule has 2 aromatic rings. The summed E-state index contributed by atoms with van der Waals surface area (Å²) in [7, 11) is -3.22. The Morgan fingerprint density at radius 1 is 1.13 bits per heavy atom. The number of thiazole rings is 1. The normalized spacial score (nSPS) is 22.1. The Bertz CT molecular complexity index is 1090. The Kier molecular flexibility index (Phi) is 6.34. The molecule has 2 heterocycles. The van der Waals surface area contributed by atoms with E-state index in [4.69, 9.17) is 11.6 Å². The number of rotatable bonds is 5. The van der Waals surface area contributed by atoms with E-state index in [1.807, 2.05) is 23.6 Å². The lowest BCUT2D eigenvalue weighted by Gasteiger charge is -2.39. The molecule has 1 aliphatic carbocycles. The predicted molar refractivity (Wildman–Crippen MR) is 120 cm³/mol. The summed E-state index contributed by atoms with van der Waals surface area (Å²) in [6, 6.07) is 7.40. The first kappa shape index (κ1) is 22.2. The van der Waals surface area contributed by atoms with Gasteiger partial charge in [-0.25, -0.2) is 13.4 Å². The number of sulfonamides is 1. The van der Waals surface area contributed by atoms with Crippen molar-refractivity contribution in [1.29, 1.82) is 0 Å². The van der Waals surface area contributed by atoms with Gasteiger partial charge in [0.25, 0.3) is 0 Å². The van der Waals surface area contributed by atoms with Crippen molar-refractivity contribution in [1.82, 2.24) is 14.2 Å². The van der Waals surface area contributed by atoms with Gasteiger partial charge in [0.1, 0.15) is 0 Å². The predicted octanol–water partition coefficient (Wildman–Crippen LogP) is 2.53. The molecule has 2 fully saturated rings. The van der Waals surface area contributed by atoms with Crippen LogP contribution in [0.3, 0.4) is 0 Å². The fourth-order valence-corrected chi connectivity index (χ4v) is 5.64. The molecule has 1 aromatic carbocycles. The summed E-state index contributed by atoms with van der Waals surface area (Å²) >= 11 is 7.54. The zero-order chi connectivity index (χ0) is 22.2. The van der Waals surface area contributed by atoms with Gasteiger partial charge in [-0.15, -0.1) is 11.3 Å². The number of aromatic nitrogens is 1.